The molecule has 3 heteroatoms. The van der Waals surface area contributed by atoms with Crippen LogP contribution >= 0.6 is 0 Å². The fourth-order valence-corrected chi connectivity index (χ4v) is 1.92. The van der Waals surface area contributed by atoms with Crippen molar-refractivity contribution in [3.63, 3.8) is 0 Å². The van der Waals surface area contributed by atoms with Crippen molar-refractivity contribution in [1.29, 1.82) is 0 Å². The Morgan fingerprint density at radius 2 is 2.25 bits per heavy atom. The largest absolute Gasteiger partial charge is 0.396 e. The normalized spacial score (nSPS) is 35.2. The minimum Gasteiger partial charge on any atom is -0.396 e. The van der Waals surface area contributed by atoms with Gasteiger partial charge in [-0.2, -0.15) is 0 Å². The van der Waals surface area contributed by atoms with E-state index in [-0.39, 0.29) is 24.5 Å². The van der Waals surface area contributed by atoms with E-state index in [2.05, 4.69) is 5.32 Å². The second-order valence-electron chi connectivity index (χ2n) is 4.00. The van der Waals surface area contributed by atoms with Crippen molar-refractivity contribution in [1.82, 2.24) is 5.32 Å². The molecule has 2 fully saturated rings. The summed E-state index contributed by atoms with van der Waals surface area (Å²) in [6.45, 7) is 0.149. The van der Waals surface area contributed by atoms with E-state index in [1.165, 1.54) is 12.8 Å². The van der Waals surface area contributed by atoms with E-state index in [0.717, 1.165) is 12.3 Å². The molecule has 2 unspecified atom stereocenters. The first-order valence-electron chi connectivity index (χ1n) is 4.70. The molecule has 1 amide bonds. The van der Waals surface area contributed by atoms with Crippen LogP contribution in [-0.2, 0) is 4.79 Å². The molecule has 12 heavy (non-hydrogen) atoms. The molecule has 0 bridgehead atoms. The summed E-state index contributed by atoms with van der Waals surface area (Å²) in [5.41, 5.74) is 0. The first-order chi connectivity index (χ1) is 5.79. The molecule has 1 heterocycles. The number of carbonyl (C=O) groups excluding carboxylic acids is 1. The Bertz CT molecular complexity index is 189. The molecule has 2 aliphatic rings. The zero-order chi connectivity index (χ0) is 8.55. The minimum absolute atomic E-state index is 0.111. The second kappa shape index (κ2) is 3.05. The predicted octanol–water partition coefficient (Wildman–Crippen LogP) is 0.283. The predicted molar refractivity (Wildman–Crippen MR) is 44.5 cm³/mol. The highest BCUT2D eigenvalue weighted by atomic mass is 16.3. The van der Waals surface area contributed by atoms with Crippen LogP contribution in [0.5, 0.6) is 0 Å². The lowest BCUT2D eigenvalue weighted by Gasteiger charge is -2.15. The van der Waals surface area contributed by atoms with Gasteiger partial charge in [-0.05, 0) is 12.3 Å². The Kier molecular flexibility index (Phi) is 2.05. The molecular weight excluding hydrogens is 154 g/mol. The van der Waals surface area contributed by atoms with Crippen LogP contribution in [0.3, 0.4) is 0 Å². The lowest BCUT2D eigenvalue weighted by molar-refractivity contribution is -0.119. The van der Waals surface area contributed by atoms with Crippen LogP contribution in [0.25, 0.3) is 0 Å². The second-order valence-corrected chi connectivity index (χ2v) is 4.00. The van der Waals surface area contributed by atoms with E-state index in [9.17, 15) is 4.79 Å². The van der Waals surface area contributed by atoms with Crippen molar-refractivity contribution in [2.24, 2.45) is 11.8 Å². The number of hydrogen-bond acceptors (Lipinski definition) is 2. The highest BCUT2D eigenvalue weighted by Crippen LogP contribution is 2.36. The Hall–Kier alpha value is -0.570. The number of rotatable bonds is 3. The Morgan fingerprint density at radius 1 is 1.50 bits per heavy atom. The highest BCUT2D eigenvalue weighted by Gasteiger charge is 2.35. The lowest BCUT2D eigenvalue weighted by atomic mass is 9.97. The summed E-state index contributed by atoms with van der Waals surface area (Å²) in [4.78, 5) is 11.0. The van der Waals surface area contributed by atoms with Gasteiger partial charge in [-0.1, -0.05) is 12.8 Å². The van der Waals surface area contributed by atoms with E-state index < -0.39 is 0 Å². The zero-order valence-electron chi connectivity index (χ0n) is 7.12. The number of aliphatic hydroxyl groups excluding tert-OH is 1. The number of amides is 1. The maximum absolute atomic E-state index is 11.0. The van der Waals surface area contributed by atoms with Gasteiger partial charge in [-0.3, -0.25) is 4.79 Å². The van der Waals surface area contributed by atoms with Crippen LogP contribution in [-0.4, -0.2) is 23.7 Å². The van der Waals surface area contributed by atoms with E-state index in [1.807, 2.05) is 0 Å². The molecule has 1 saturated carbocycles. The first-order valence-corrected chi connectivity index (χ1v) is 4.70. The Morgan fingerprint density at radius 3 is 2.83 bits per heavy atom. The molecule has 0 aromatic carbocycles. The van der Waals surface area contributed by atoms with Crippen molar-refractivity contribution in [2.45, 2.75) is 31.7 Å². The molecule has 0 aromatic rings. The van der Waals surface area contributed by atoms with E-state index >= 15 is 0 Å². The van der Waals surface area contributed by atoms with E-state index in [4.69, 9.17) is 5.11 Å². The topological polar surface area (TPSA) is 49.3 Å². The molecule has 68 valence electrons. The summed E-state index contributed by atoms with van der Waals surface area (Å²) in [6, 6.07) is 0.259. The summed E-state index contributed by atoms with van der Waals surface area (Å²) in [5.74, 6) is 1.11. The molecule has 0 radical (unpaired) electrons. The third kappa shape index (κ3) is 1.61. The van der Waals surface area contributed by atoms with Gasteiger partial charge in [-0.15, -0.1) is 0 Å². The fraction of sp³-hybridized carbons (Fsp3) is 0.889. The maximum Gasteiger partial charge on any atom is 0.220 e. The summed E-state index contributed by atoms with van der Waals surface area (Å²) in [7, 11) is 0. The SMILES string of the molecule is O=C1CC(CO)C(CC2CC2)N1. The third-order valence-corrected chi connectivity index (χ3v) is 2.88. The molecular formula is C9H15NO2. The smallest absolute Gasteiger partial charge is 0.220 e. The molecule has 3 nitrogen and oxygen atoms in total. The van der Waals surface area contributed by atoms with Crippen molar-refractivity contribution < 1.29 is 9.90 Å². The van der Waals surface area contributed by atoms with Crippen molar-refractivity contribution >= 4 is 5.91 Å². The lowest BCUT2D eigenvalue weighted by Crippen LogP contribution is -2.30. The monoisotopic (exact) mass is 169 g/mol. The van der Waals surface area contributed by atoms with Crippen LogP contribution in [0.4, 0.5) is 0 Å². The summed E-state index contributed by atoms with van der Waals surface area (Å²) in [6.07, 6.45) is 4.22. The van der Waals surface area contributed by atoms with Gasteiger partial charge >= 0.3 is 0 Å². The highest BCUT2D eigenvalue weighted by molar-refractivity contribution is 5.79. The van der Waals surface area contributed by atoms with Gasteiger partial charge in [0, 0.05) is 25.0 Å². The Balaban J connectivity index is 1.88. The summed E-state index contributed by atoms with van der Waals surface area (Å²) in [5, 5.41) is 11.9. The first kappa shape index (κ1) is 8.05. The van der Waals surface area contributed by atoms with Gasteiger partial charge in [-0.25, -0.2) is 0 Å². The van der Waals surface area contributed by atoms with Crippen LogP contribution in [0.2, 0.25) is 0 Å². The molecule has 2 rings (SSSR count). The number of carbonyl (C=O) groups is 1. The third-order valence-electron chi connectivity index (χ3n) is 2.88. The van der Waals surface area contributed by atoms with Gasteiger partial charge < -0.3 is 10.4 Å². The average molecular weight is 169 g/mol. The summed E-state index contributed by atoms with van der Waals surface area (Å²) >= 11 is 0. The van der Waals surface area contributed by atoms with E-state index in [0.29, 0.717) is 6.42 Å². The quantitative estimate of drug-likeness (QED) is 0.637. The van der Waals surface area contributed by atoms with Gasteiger partial charge in [0.2, 0.25) is 5.91 Å². The number of hydrogen-bond donors (Lipinski definition) is 2. The zero-order valence-corrected chi connectivity index (χ0v) is 7.12. The summed E-state index contributed by atoms with van der Waals surface area (Å²) < 4.78 is 0. The van der Waals surface area contributed by atoms with Gasteiger partial charge in [0.1, 0.15) is 0 Å². The van der Waals surface area contributed by atoms with Crippen LogP contribution in [0.15, 0.2) is 0 Å². The molecule has 0 spiro atoms. The van der Waals surface area contributed by atoms with Gasteiger partial charge in [0.05, 0.1) is 0 Å². The van der Waals surface area contributed by atoms with Crippen LogP contribution in [0, 0.1) is 11.8 Å². The maximum atomic E-state index is 11.0. The van der Waals surface area contributed by atoms with Crippen molar-refractivity contribution in [3.05, 3.63) is 0 Å². The Labute approximate surface area is 72.2 Å². The minimum atomic E-state index is 0.111. The van der Waals surface area contributed by atoms with Crippen molar-refractivity contribution in [3.8, 4) is 0 Å². The number of aliphatic hydroxyl groups is 1. The molecule has 1 aliphatic heterocycles. The van der Waals surface area contributed by atoms with Crippen LogP contribution in [0.1, 0.15) is 25.7 Å². The van der Waals surface area contributed by atoms with Crippen molar-refractivity contribution in [2.75, 3.05) is 6.61 Å². The van der Waals surface area contributed by atoms with Gasteiger partial charge in [0.25, 0.3) is 0 Å². The molecule has 2 atom stereocenters. The molecule has 2 N–H and O–H groups in total. The van der Waals surface area contributed by atoms with Gasteiger partial charge in [0.15, 0.2) is 0 Å². The van der Waals surface area contributed by atoms with Crippen LogP contribution < -0.4 is 5.32 Å². The average Bonchev–Trinajstić information content (AvgIpc) is 2.76. The molecule has 1 aliphatic carbocycles. The molecule has 0 aromatic heterocycles. The van der Waals surface area contributed by atoms with E-state index in [1.54, 1.807) is 0 Å². The molecule has 1 saturated heterocycles. The number of nitrogens with one attached hydrogen (secondary N) is 1. The fourth-order valence-electron chi connectivity index (χ4n) is 1.92. The standard InChI is InChI=1S/C9H15NO2/c11-5-7-4-9(12)10-8(7)3-6-1-2-6/h6-8,11H,1-5H2,(H,10,12).